The minimum atomic E-state index is -0.848. The number of hydrogen-bond donors (Lipinski definition) is 1. The lowest BCUT2D eigenvalue weighted by Gasteiger charge is -2.25. The Balaban J connectivity index is 1.53. The van der Waals surface area contributed by atoms with Crippen molar-refractivity contribution < 1.29 is 19.7 Å². The third-order valence-electron chi connectivity index (χ3n) is 5.59. The van der Waals surface area contributed by atoms with Gasteiger partial charge in [-0.2, -0.15) is 0 Å². The van der Waals surface area contributed by atoms with Crippen molar-refractivity contribution >= 4 is 12.0 Å². The number of hydrogen-bond acceptors (Lipinski definition) is 3. The summed E-state index contributed by atoms with van der Waals surface area (Å²) in [6, 6.07) is 10.4. The molecule has 0 bridgehead atoms. The summed E-state index contributed by atoms with van der Waals surface area (Å²) >= 11 is 0. The van der Waals surface area contributed by atoms with Gasteiger partial charge in [-0.3, -0.25) is 4.79 Å². The zero-order valence-electron chi connectivity index (χ0n) is 18.8. The van der Waals surface area contributed by atoms with Gasteiger partial charge in [0.05, 0.1) is 6.42 Å². The Morgan fingerprint density at radius 3 is 2.43 bits per heavy atom. The maximum Gasteiger partial charge on any atom is 0.306 e. The van der Waals surface area contributed by atoms with Crippen LogP contribution in [0.4, 0.5) is 0 Å². The summed E-state index contributed by atoms with van der Waals surface area (Å²) < 4.78 is 0. The van der Waals surface area contributed by atoms with Gasteiger partial charge in [-0.05, 0) is 57.4 Å². The molecule has 0 radical (unpaired) electrons. The summed E-state index contributed by atoms with van der Waals surface area (Å²) in [6.45, 7) is 6.10. The number of carboxylic acids is 1. The summed E-state index contributed by atoms with van der Waals surface area (Å²) in [6.07, 6.45) is 17.3. The number of aliphatic carboxylic acids is 1. The molecule has 0 aliphatic carbocycles. The van der Waals surface area contributed by atoms with Crippen LogP contribution in [0, 0.1) is 5.92 Å². The van der Waals surface area contributed by atoms with Crippen LogP contribution in [0.5, 0.6) is 0 Å². The largest absolute Gasteiger partial charge is 0.481 e. The lowest BCUT2D eigenvalue weighted by molar-refractivity contribution is -0.346. The fourth-order valence-electron chi connectivity index (χ4n) is 4.38. The average molecular weight is 415 g/mol. The molecule has 1 aliphatic rings. The Hall–Kier alpha value is -1.91. The van der Waals surface area contributed by atoms with Gasteiger partial charge in [0.2, 0.25) is 0 Å². The van der Waals surface area contributed by atoms with E-state index in [4.69, 9.17) is 14.9 Å². The highest BCUT2D eigenvalue weighted by Crippen LogP contribution is 2.42. The molecule has 1 aromatic carbocycles. The van der Waals surface area contributed by atoms with Crippen molar-refractivity contribution in [1.82, 2.24) is 0 Å². The van der Waals surface area contributed by atoms with Crippen LogP contribution in [0.3, 0.4) is 0 Å². The fraction of sp³-hybridized carbons (Fsp3) is 0.577. The molecule has 166 valence electrons. The van der Waals surface area contributed by atoms with Crippen molar-refractivity contribution in [3.05, 3.63) is 54.1 Å². The Labute approximate surface area is 181 Å². The molecular formula is C26H38O4. The van der Waals surface area contributed by atoms with Crippen molar-refractivity contribution in [3.8, 4) is 0 Å². The second-order valence-electron chi connectivity index (χ2n) is 9.27. The minimum Gasteiger partial charge on any atom is -0.481 e. The van der Waals surface area contributed by atoms with Crippen molar-refractivity contribution in [3.63, 3.8) is 0 Å². The SMILES string of the molecule is C[C@H](CCCCC=CCCC=Cc1ccccc1)C[C@]1(C)C[C@](C)(CC(=O)O)OO1. The van der Waals surface area contributed by atoms with E-state index in [1.807, 2.05) is 19.9 Å². The standard InChI is InChI=1S/C26H38O4/c1-22(19-25(2)21-26(3,30-29-25)20-24(27)28)15-11-8-6-4-5-7-9-12-16-23-17-13-10-14-18-23/h4-5,10,12-14,16-18,22H,6-9,11,15,19-21H2,1-3H3,(H,27,28)/t22-,25-,26+/m1/s1. The first-order valence-corrected chi connectivity index (χ1v) is 11.3. The Morgan fingerprint density at radius 1 is 1.03 bits per heavy atom. The van der Waals surface area contributed by atoms with Crippen LogP contribution in [0.2, 0.25) is 0 Å². The number of unbranched alkanes of at least 4 members (excludes halogenated alkanes) is 3. The second kappa shape index (κ2) is 12.1. The van der Waals surface area contributed by atoms with Crippen LogP contribution in [0.25, 0.3) is 6.08 Å². The molecule has 30 heavy (non-hydrogen) atoms. The molecule has 0 spiro atoms. The minimum absolute atomic E-state index is 0.0225. The van der Waals surface area contributed by atoms with Gasteiger partial charge in [-0.15, -0.1) is 0 Å². The van der Waals surface area contributed by atoms with E-state index in [-0.39, 0.29) is 6.42 Å². The Morgan fingerprint density at radius 2 is 1.70 bits per heavy atom. The van der Waals surface area contributed by atoms with Crippen LogP contribution < -0.4 is 0 Å². The monoisotopic (exact) mass is 414 g/mol. The predicted octanol–water partition coefficient (Wildman–Crippen LogP) is 6.97. The lowest BCUT2D eigenvalue weighted by atomic mass is 9.81. The van der Waals surface area contributed by atoms with Crippen LogP contribution in [-0.4, -0.2) is 22.3 Å². The van der Waals surface area contributed by atoms with Gasteiger partial charge in [-0.25, -0.2) is 9.78 Å². The van der Waals surface area contributed by atoms with E-state index in [9.17, 15) is 4.79 Å². The molecule has 1 aliphatic heterocycles. The van der Waals surface area contributed by atoms with Crippen LogP contribution in [0.1, 0.15) is 84.1 Å². The molecule has 0 amide bonds. The molecule has 1 aromatic rings. The first-order chi connectivity index (χ1) is 14.3. The van der Waals surface area contributed by atoms with Crippen LogP contribution >= 0.6 is 0 Å². The third kappa shape index (κ3) is 9.27. The van der Waals surface area contributed by atoms with E-state index in [2.05, 4.69) is 55.5 Å². The van der Waals surface area contributed by atoms with Gasteiger partial charge in [0.25, 0.3) is 0 Å². The van der Waals surface area contributed by atoms with E-state index in [1.165, 1.54) is 18.4 Å². The van der Waals surface area contributed by atoms with Crippen LogP contribution in [0.15, 0.2) is 48.6 Å². The van der Waals surface area contributed by atoms with E-state index in [1.54, 1.807) is 0 Å². The van der Waals surface area contributed by atoms with Crippen LogP contribution in [-0.2, 0) is 14.6 Å². The molecule has 2 rings (SSSR count). The zero-order valence-corrected chi connectivity index (χ0v) is 18.8. The molecule has 3 atom stereocenters. The summed E-state index contributed by atoms with van der Waals surface area (Å²) in [5, 5.41) is 9.04. The molecule has 1 saturated heterocycles. The quantitative estimate of drug-likeness (QED) is 0.215. The first-order valence-electron chi connectivity index (χ1n) is 11.3. The lowest BCUT2D eigenvalue weighted by Crippen LogP contribution is -2.31. The molecule has 0 aromatic heterocycles. The zero-order chi connectivity index (χ0) is 21.9. The molecule has 1 heterocycles. The maximum atomic E-state index is 11.0. The van der Waals surface area contributed by atoms with E-state index in [0.29, 0.717) is 12.3 Å². The van der Waals surface area contributed by atoms with Crippen molar-refractivity contribution in [2.75, 3.05) is 0 Å². The van der Waals surface area contributed by atoms with Crippen molar-refractivity contribution in [2.24, 2.45) is 5.92 Å². The molecule has 1 fully saturated rings. The normalized spacial score (nSPS) is 25.3. The topological polar surface area (TPSA) is 55.8 Å². The Kier molecular flexibility index (Phi) is 9.80. The highest BCUT2D eigenvalue weighted by atomic mass is 17.2. The second-order valence-corrected chi connectivity index (χ2v) is 9.27. The summed E-state index contributed by atoms with van der Waals surface area (Å²) in [7, 11) is 0. The highest BCUT2D eigenvalue weighted by Gasteiger charge is 2.47. The van der Waals surface area contributed by atoms with Gasteiger partial charge in [0.15, 0.2) is 0 Å². The molecule has 1 N–H and O–H groups in total. The van der Waals surface area contributed by atoms with E-state index >= 15 is 0 Å². The molecule has 4 heteroatoms. The molecule has 0 unspecified atom stereocenters. The summed E-state index contributed by atoms with van der Waals surface area (Å²) in [5.41, 5.74) is 0.142. The first kappa shape index (κ1) is 24.4. The van der Waals surface area contributed by atoms with Gasteiger partial charge < -0.3 is 5.11 Å². The summed E-state index contributed by atoms with van der Waals surface area (Å²) in [5.74, 6) is -0.323. The smallest absolute Gasteiger partial charge is 0.306 e. The number of carbonyl (C=O) groups is 1. The van der Waals surface area contributed by atoms with E-state index < -0.39 is 17.2 Å². The Bertz CT molecular complexity index is 696. The summed E-state index contributed by atoms with van der Waals surface area (Å²) in [4.78, 5) is 22.0. The number of benzene rings is 1. The van der Waals surface area contributed by atoms with Gasteiger partial charge >= 0.3 is 5.97 Å². The van der Waals surface area contributed by atoms with Gasteiger partial charge in [0.1, 0.15) is 11.2 Å². The van der Waals surface area contributed by atoms with Crippen molar-refractivity contribution in [1.29, 1.82) is 0 Å². The molecule has 4 nitrogen and oxygen atoms in total. The molecule has 0 saturated carbocycles. The van der Waals surface area contributed by atoms with Crippen molar-refractivity contribution in [2.45, 2.75) is 89.8 Å². The number of allylic oxidation sites excluding steroid dienone is 3. The average Bonchev–Trinajstić information content (AvgIpc) is 2.97. The predicted molar refractivity (Wildman–Crippen MR) is 122 cm³/mol. The highest BCUT2D eigenvalue weighted by molar-refractivity contribution is 5.68. The van der Waals surface area contributed by atoms with Gasteiger partial charge in [0, 0.05) is 6.42 Å². The third-order valence-corrected chi connectivity index (χ3v) is 5.59. The van der Waals surface area contributed by atoms with Gasteiger partial charge in [-0.1, -0.05) is 74.4 Å². The fourth-order valence-corrected chi connectivity index (χ4v) is 4.38. The number of rotatable bonds is 13. The van der Waals surface area contributed by atoms with E-state index in [0.717, 1.165) is 32.1 Å². The number of carboxylic acid groups (broad SMARTS) is 1. The molecular weight excluding hydrogens is 376 g/mol. The maximum absolute atomic E-state index is 11.0.